The molecule has 0 bridgehead atoms. The van der Waals surface area contributed by atoms with Gasteiger partial charge in [-0.2, -0.15) is 0 Å². The molecule has 2 nitrogen and oxygen atoms in total. The van der Waals surface area contributed by atoms with E-state index in [4.69, 9.17) is 4.74 Å². The van der Waals surface area contributed by atoms with Crippen LogP contribution >= 0.6 is 0 Å². The largest absolute Gasteiger partial charge is 0.466 e. The van der Waals surface area contributed by atoms with E-state index in [-0.39, 0.29) is 11.4 Å². The summed E-state index contributed by atoms with van der Waals surface area (Å²) in [5.41, 5.74) is 2.64. The zero-order valence-electron chi connectivity index (χ0n) is 9.53. The van der Waals surface area contributed by atoms with E-state index in [1.54, 1.807) is 0 Å². The molecule has 2 atom stereocenters. The molecule has 2 aliphatic carbocycles. The predicted molar refractivity (Wildman–Crippen MR) is 61.2 cm³/mol. The van der Waals surface area contributed by atoms with E-state index in [1.165, 1.54) is 11.1 Å². The molecular formula is C14H16O2. The molecule has 1 aromatic rings. The molecular weight excluding hydrogens is 200 g/mol. The number of esters is 1. The van der Waals surface area contributed by atoms with Gasteiger partial charge in [0.15, 0.2) is 0 Å². The van der Waals surface area contributed by atoms with Crippen LogP contribution in [-0.2, 0) is 16.0 Å². The van der Waals surface area contributed by atoms with Gasteiger partial charge < -0.3 is 4.74 Å². The molecule has 0 heterocycles. The second kappa shape index (κ2) is 3.34. The highest BCUT2D eigenvalue weighted by Crippen LogP contribution is 2.65. The van der Waals surface area contributed by atoms with E-state index < -0.39 is 0 Å². The van der Waals surface area contributed by atoms with Gasteiger partial charge in [0.05, 0.1) is 12.0 Å². The second-order valence-electron chi connectivity index (χ2n) is 4.83. The lowest BCUT2D eigenvalue weighted by Crippen LogP contribution is -2.24. The van der Waals surface area contributed by atoms with Crippen LogP contribution in [0.4, 0.5) is 0 Å². The van der Waals surface area contributed by atoms with Crippen LogP contribution in [0.25, 0.3) is 0 Å². The molecule has 0 amide bonds. The van der Waals surface area contributed by atoms with Crippen molar-refractivity contribution in [3.05, 3.63) is 35.4 Å². The minimum Gasteiger partial charge on any atom is -0.466 e. The van der Waals surface area contributed by atoms with Gasteiger partial charge in [0.25, 0.3) is 0 Å². The number of hydrogen-bond acceptors (Lipinski definition) is 2. The Bertz CT molecular complexity index is 438. The maximum Gasteiger partial charge on any atom is 0.312 e. The first-order valence-corrected chi connectivity index (χ1v) is 6.03. The lowest BCUT2D eigenvalue weighted by molar-refractivity contribution is -0.150. The maximum atomic E-state index is 11.9. The summed E-state index contributed by atoms with van der Waals surface area (Å²) in [6.07, 6.45) is 2.97. The van der Waals surface area contributed by atoms with Crippen molar-refractivity contribution in [2.45, 2.75) is 32.1 Å². The summed E-state index contributed by atoms with van der Waals surface area (Å²) < 4.78 is 5.20. The lowest BCUT2D eigenvalue weighted by Gasteiger charge is -2.22. The van der Waals surface area contributed by atoms with Crippen LogP contribution in [0.1, 0.15) is 36.8 Å². The molecule has 0 unspecified atom stereocenters. The molecule has 2 aliphatic rings. The van der Waals surface area contributed by atoms with E-state index >= 15 is 0 Å². The molecule has 0 aliphatic heterocycles. The van der Waals surface area contributed by atoms with Crippen molar-refractivity contribution in [2.75, 3.05) is 6.61 Å². The Labute approximate surface area is 95.6 Å². The van der Waals surface area contributed by atoms with Crippen LogP contribution in [0.5, 0.6) is 0 Å². The van der Waals surface area contributed by atoms with E-state index in [2.05, 4.69) is 24.3 Å². The SMILES string of the molecule is CCOC(=O)[C@@]12CCc3ccccc3[C@H]1C2. The van der Waals surface area contributed by atoms with Gasteiger partial charge in [-0.25, -0.2) is 0 Å². The van der Waals surface area contributed by atoms with Crippen molar-refractivity contribution in [3.63, 3.8) is 0 Å². The summed E-state index contributed by atoms with van der Waals surface area (Å²) in [5.74, 6) is 0.450. The number of aryl methyl sites for hydroxylation is 1. The highest BCUT2D eigenvalue weighted by molar-refractivity contribution is 5.83. The number of rotatable bonds is 2. The van der Waals surface area contributed by atoms with Gasteiger partial charge in [-0.05, 0) is 37.3 Å². The molecule has 16 heavy (non-hydrogen) atoms. The highest BCUT2D eigenvalue weighted by atomic mass is 16.5. The first-order valence-electron chi connectivity index (χ1n) is 6.03. The molecule has 1 fully saturated rings. The van der Waals surface area contributed by atoms with Crippen molar-refractivity contribution in [1.29, 1.82) is 0 Å². The summed E-state index contributed by atoms with van der Waals surface area (Å²) in [6.45, 7) is 2.37. The summed E-state index contributed by atoms with van der Waals surface area (Å²) in [6, 6.07) is 8.50. The van der Waals surface area contributed by atoms with E-state index in [1.807, 2.05) is 6.92 Å². The Balaban J connectivity index is 1.90. The molecule has 3 rings (SSSR count). The number of benzene rings is 1. The smallest absolute Gasteiger partial charge is 0.312 e. The van der Waals surface area contributed by atoms with Crippen molar-refractivity contribution in [2.24, 2.45) is 5.41 Å². The van der Waals surface area contributed by atoms with Gasteiger partial charge in [0, 0.05) is 5.92 Å². The molecule has 1 aromatic carbocycles. The van der Waals surface area contributed by atoms with Crippen LogP contribution in [0, 0.1) is 5.41 Å². The zero-order chi connectivity index (χ0) is 11.2. The molecule has 0 radical (unpaired) electrons. The average Bonchev–Trinajstić information content (AvgIpc) is 3.06. The third-order valence-corrected chi connectivity index (χ3v) is 4.03. The lowest BCUT2D eigenvalue weighted by atomic mass is 9.84. The van der Waals surface area contributed by atoms with Crippen LogP contribution in [0.15, 0.2) is 24.3 Å². The maximum absolute atomic E-state index is 11.9. The Hall–Kier alpha value is -1.31. The van der Waals surface area contributed by atoms with Gasteiger partial charge in [-0.1, -0.05) is 24.3 Å². The Morgan fingerprint density at radius 2 is 2.31 bits per heavy atom. The predicted octanol–water partition coefficient (Wildman–Crippen LogP) is 2.67. The molecule has 0 N–H and O–H groups in total. The molecule has 0 spiro atoms. The first kappa shape index (κ1) is 9.88. The fourth-order valence-corrected chi connectivity index (χ4v) is 3.05. The van der Waals surface area contributed by atoms with Gasteiger partial charge in [0.1, 0.15) is 0 Å². The number of hydrogen-bond donors (Lipinski definition) is 0. The topological polar surface area (TPSA) is 26.3 Å². The van der Waals surface area contributed by atoms with E-state index in [9.17, 15) is 4.79 Å². The number of carbonyl (C=O) groups excluding carboxylic acids is 1. The summed E-state index contributed by atoms with van der Waals surface area (Å²) in [5, 5.41) is 0. The van der Waals surface area contributed by atoms with E-state index in [0.717, 1.165) is 19.3 Å². The minimum atomic E-state index is -0.162. The third-order valence-electron chi connectivity index (χ3n) is 4.03. The zero-order valence-corrected chi connectivity index (χ0v) is 9.53. The number of fused-ring (bicyclic) bond motifs is 3. The highest BCUT2D eigenvalue weighted by Gasteiger charge is 2.63. The van der Waals surface area contributed by atoms with Crippen molar-refractivity contribution in [3.8, 4) is 0 Å². The van der Waals surface area contributed by atoms with Gasteiger partial charge in [0.2, 0.25) is 0 Å². The first-order chi connectivity index (χ1) is 7.78. The summed E-state index contributed by atoms with van der Waals surface area (Å²) in [7, 11) is 0. The fraction of sp³-hybridized carbons (Fsp3) is 0.500. The number of carbonyl (C=O) groups is 1. The number of ether oxygens (including phenoxy) is 1. The van der Waals surface area contributed by atoms with Gasteiger partial charge >= 0.3 is 5.97 Å². The monoisotopic (exact) mass is 216 g/mol. The quantitative estimate of drug-likeness (QED) is 0.710. The summed E-state index contributed by atoms with van der Waals surface area (Å²) >= 11 is 0. The normalized spacial score (nSPS) is 30.2. The van der Waals surface area contributed by atoms with Crippen molar-refractivity contribution in [1.82, 2.24) is 0 Å². The molecule has 0 saturated heterocycles. The summed E-state index contributed by atoms with van der Waals surface area (Å²) in [4.78, 5) is 11.9. The van der Waals surface area contributed by atoms with Gasteiger partial charge in [-0.15, -0.1) is 0 Å². The Morgan fingerprint density at radius 1 is 1.50 bits per heavy atom. The van der Waals surface area contributed by atoms with Crippen molar-refractivity contribution >= 4 is 5.97 Å². The Kier molecular flexibility index (Phi) is 2.06. The molecule has 84 valence electrons. The Morgan fingerprint density at radius 3 is 3.12 bits per heavy atom. The minimum absolute atomic E-state index is 0.0227. The molecule has 0 aromatic heterocycles. The molecule has 1 saturated carbocycles. The van der Waals surface area contributed by atoms with Crippen molar-refractivity contribution < 1.29 is 9.53 Å². The van der Waals surface area contributed by atoms with Crippen LogP contribution in [-0.4, -0.2) is 12.6 Å². The third kappa shape index (κ3) is 1.22. The molecule has 2 heteroatoms. The standard InChI is InChI=1S/C14H16O2/c1-2-16-13(15)14-8-7-10-5-3-4-6-11(10)12(14)9-14/h3-6,12H,2,7-9H2,1H3/t12-,14-/m1/s1. The van der Waals surface area contributed by atoms with Crippen LogP contribution < -0.4 is 0 Å². The van der Waals surface area contributed by atoms with Crippen LogP contribution in [0.2, 0.25) is 0 Å². The second-order valence-corrected chi connectivity index (χ2v) is 4.83. The fourth-order valence-electron chi connectivity index (χ4n) is 3.05. The van der Waals surface area contributed by atoms with E-state index in [0.29, 0.717) is 12.5 Å². The van der Waals surface area contributed by atoms with Crippen LogP contribution in [0.3, 0.4) is 0 Å². The van der Waals surface area contributed by atoms with Gasteiger partial charge in [-0.3, -0.25) is 4.79 Å². The average molecular weight is 216 g/mol.